The van der Waals surface area contributed by atoms with E-state index in [0.29, 0.717) is 23.8 Å². The van der Waals surface area contributed by atoms with Crippen molar-refractivity contribution in [3.8, 4) is 0 Å². The van der Waals surface area contributed by atoms with Gasteiger partial charge < -0.3 is 14.5 Å². The highest BCUT2D eigenvalue weighted by Gasteiger charge is 2.31. The van der Waals surface area contributed by atoms with Crippen molar-refractivity contribution in [2.75, 3.05) is 11.9 Å². The second kappa shape index (κ2) is 5.66. The third-order valence-corrected chi connectivity index (χ3v) is 4.71. The van der Waals surface area contributed by atoms with Gasteiger partial charge in [-0.3, -0.25) is 0 Å². The normalized spacial score (nSPS) is 16.6. The zero-order chi connectivity index (χ0) is 17.8. The van der Waals surface area contributed by atoms with E-state index < -0.39 is 0 Å². The molecule has 6 nitrogen and oxygen atoms in total. The third kappa shape index (κ3) is 2.74. The predicted molar refractivity (Wildman–Crippen MR) is 97.7 cm³/mol. The molecule has 0 fully saturated rings. The van der Waals surface area contributed by atoms with E-state index in [1.807, 2.05) is 6.92 Å². The van der Waals surface area contributed by atoms with Gasteiger partial charge in [-0.1, -0.05) is 13.8 Å². The summed E-state index contributed by atoms with van der Waals surface area (Å²) in [7, 11) is 0. The van der Waals surface area contributed by atoms with Gasteiger partial charge in [0.1, 0.15) is 11.8 Å². The Kier molecular flexibility index (Phi) is 3.68. The van der Waals surface area contributed by atoms with Gasteiger partial charge in [-0.15, -0.1) is 0 Å². The van der Waals surface area contributed by atoms with Crippen molar-refractivity contribution in [1.82, 2.24) is 15.0 Å². The second-order valence-electron chi connectivity index (χ2n) is 7.84. The molecule has 3 aromatic heterocycles. The lowest BCUT2D eigenvalue weighted by molar-refractivity contribution is -0.0400. The van der Waals surface area contributed by atoms with Gasteiger partial charge in [-0.05, 0) is 32.3 Å². The molecule has 0 radical (unpaired) electrons. The maximum Gasteiger partial charge on any atom is 0.229 e. The molecule has 0 saturated carbocycles. The Labute approximate surface area is 147 Å². The number of rotatable bonds is 3. The molecule has 0 aliphatic carbocycles. The molecule has 0 saturated heterocycles. The quantitative estimate of drug-likeness (QED) is 0.777. The van der Waals surface area contributed by atoms with Gasteiger partial charge in [0.25, 0.3) is 0 Å². The zero-order valence-electron chi connectivity index (χ0n) is 15.4. The Hall–Kier alpha value is -2.21. The average Bonchev–Trinajstić information content (AvgIpc) is 2.90. The van der Waals surface area contributed by atoms with Crippen LogP contribution >= 0.6 is 0 Å². The first-order valence-electron chi connectivity index (χ1n) is 8.79. The summed E-state index contributed by atoms with van der Waals surface area (Å²) in [5, 5.41) is 4.36. The first-order chi connectivity index (χ1) is 11.9. The van der Waals surface area contributed by atoms with Crippen molar-refractivity contribution < 1.29 is 9.15 Å². The number of furan rings is 1. The lowest BCUT2D eigenvalue weighted by Crippen LogP contribution is -2.32. The summed E-state index contributed by atoms with van der Waals surface area (Å²) in [5.41, 5.74) is 5.30. The fraction of sp³-hybridized carbons (Fsp3) is 0.526. The number of anilines is 1. The first-order valence-corrected chi connectivity index (χ1v) is 8.79. The van der Waals surface area contributed by atoms with Crippen molar-refractivity contribution >= 4 is 28.0 Å². The van der Waals surface area contributed by atoms with E-state index in [4.69, 9.17) is 9.15 Å². The molecular formula is C19H24N4O2. The predicted octanol–water partition coefficient (Wildman–Crippen LogP) is 4.00. The van der Waals surface area contributed by atoms with Crippen LogP contribution in [0.3, 0.4) is 0 Å². The van der Waals surface area contributed by atoms with Gasteiger partial charge >= 0.3 is 0 Å². The molecule has 3 aromatic rings. The minimum absolute atomic E-state index is 0.205. The van der Waals surface area contributed by atoms with E-state index in [9.17, 15) is 0 Å². The maximum atomic E-state index is 6.09. The fourth-order valence-electron chi connectivity index (χ4n) is 3.39. The number of nitrogens with one attached hydrogen (secondary N) is 1. The Morgan fingerprint density at radius 2 is 2.04 bits per heavy atom. The van der Waals surface area contributed by atoms with E-state index in [0.717, 1.165) is 40.9 Å². The molecule has 4 heterocycles. The standard InChI is InChI=1S/C19H24N4O2/c1-10(2)7-20-17-16-15(21-9-22-17)14-12-6-19(4,5)24-8-13(12)11(3)23-18(14)25-16/h9-10H,6-8H2,1-5H3,(H,20,21,22). The molecule has 0 unspecified atom stereocenters. The molecule has 0 atom stereocenters. The SMILES string of the molecule is Cc1nc2oc3c(NCC(C)C)ncnc3c2c2c1COC(C)(C)C2. The molecule has 0 aromatic carbocycles. The fourth-order valence-corrected chi connectivity index (χ4v) is 3.39. The van der Waals surface area contributed by atoms with Crippen LogP contribution in [0.5, 0.6) is 0 Å². The Bertz CT molecular complexity index is 959. The summed E-state index contributed by atoms with van der Waals surface area (Å²) in [4.78, 5) is 13.6. The summed E-state index contributed by atoms with van der Waals surface area (Å²) < 4.78 is 12.1. The summed E-state index contributed by atoms with van der Waals surface area (Å²) in [5.74, 6) is 1.25. The van der Waals surface area contributed by atoms with Crippen LogP contribution in [0.15, 0.2) is 10.7 Å². The van der Waals surface area contributed by atoms with E-state index in [1.165, 1.54) is 5.56 Å². The number of ether oxygens (including phenoxy) is 1. The maximum absolute atomic E-state index is 6.09. The first kappa shape index (κ1) is 16.3. The summed E-state index contributed by atoms with van der Waals surface area (Å²) in [6, 6.07) is 0. The van der Waals surface area contributed by atoms with Crippen molar-refractivity contribution in [2.45, 2.75) is 53.2 Å². The van der Waals surface area contributed by atoms with Gasteiger partial charge in [0.15, 0.2) is 11.4 Å². The van der Waals surface area contributed by atoms with Crippen molar-refractivity contribution in [3.63, 3.8) is 0 Å². The summed E-state index contributed by atoms with van der Waals surface area (Å²) in [6.07, 6.45) is 2.41. The number of hydrogen-bond donors (Lipinski definition) is 1. The van der Waals surface area contributed by atoms with Gasteiger partial charge in [0.05, 0.1) is 17.6 Å². The number of fused-ring (bicyclic) bond motifs is 5. The summed E-state index contributed by atoms with van der Waals surface area (Å²) >= 11 is 0. The zero-order valence-corrected chi connectivity index (χ0v) is 15.4. The lowest BCUT2D eigenvalue weighted by atomic mass is 9.89. The minimum Gasteiger partial charge on any atom is -0.432 e. The van der Waals surface area contributed by atoms with Crippen LogP contribution in [0.4, 0.5) is 5.82 Å². The number of pyridine rings is 1. The molecule has 6 heteroatoms. The number of nitrogens with zero attached hydrogens (tertiary/aromatic N) is 3. The second-order valence-corrected chi connectivity index (χ2v) is 7.84. The molecule has 132 valence electrons. The van der Waals surface area contributed by atoms with E-state index >= 15 is 0 Å². The van der Waals surface area contributed by atoms with Crippen LogP contribution in [0.1, 0.15) is 44.5 Å². The van der Waals surface area contributed by atoms with Crippen LogP contribution in [0.25, 0.3) is 22.2 Å². The average molecular weight is 340 g/mol. The topological polar surface area (TPSA) is 73.1 Å². The molecule has 1 aliphatic rings. The number of aromatic nitrogens is 3. The molecule has 1 aliphatic heterocycles. The Balaban J connectivity index is 1.96. The van der Waals surface area contributed by atoms with Crippen molar-refractivity contribution in [3.05, 3.63) is 23.1 Å². The van der Waals surface area contributed by atoms with E-state index in [-0.39, 0.29) is 5.60 Å². The van der Waals surface area contributed by atoms with Gasteiger partial charge in [0, 0.05) is 24.2 Å². The van der Waals surface area contributed by atoms with Crippen molar-refractivity contribution in [1.29, 1.82) is 0 Å². The van der Waals surface area contributed by atoms with E-state index in [2.05, 4.69) is 48.0 Å². The highest BCUT2D eigenvalue weighted by atomic mass is 16.5. The number of hydrogen-bond acceptors (Lipinski definition) is 6. The smallest absolute Gasteiger partial charge is 0.229 e. The Morgan fingerprint density at radius 3 is 2.80 bits per heavy atom. The van der Waals surface area contributed by atoms with Crippen LogP contribution in [0, 0.1) is 12.8 Å². The molecule has 0 amide bonds. The largest absolute Gasteiger partial charge is 0.432 e. The van der Waals surface area contributed by atoms with Crippen LogP contribution in [-0.2, 0) is 17.8 Å². The van der Waals surface area contributed by atoms with E-state index in [1.54, 1.807) is 6.33 Å². The molecule has 4 rings (SSSR count). The Morgan fingerprint density at radius 1 is 1.24 bits per heavy atom. The van der Waals surface area contributed by atoms with Crippen LogP contribution in [0.2, 0.25) is 0 Å². The number of aryl methyl sites for hydroxylation is 1. The molecule has 1 N–H and O–H groups in total. The highest BCUT2D eigenvalue weighted by molar-refractivity contribution is 6.06. The monoisotopic (exact) mass is 340 g/mol. The third-order valence-electron chi connectivity index (χ3n) is 4.71. The highest BCUT2D eigenvalue weighted by Crippen LogP contribution is 2.39. The van der Waals surface area contributed by atoms with Crippen LogP contribution < -0.4 is 5.32 Å². The van der Waals surface area contributed by atoms with Gasteiger partial charge in [-0.2, -0.15) is 0 Å². The molecule has 0 spiro atoms. The van der Waals surface area contributed by atoms with Crippen LogP contribution in [-0.4, -0.2) is 27.1 Å². The molecular weight excluding hydrogens is 316 g/mol. The lowest BCUT2D eigenvalue weighted by Gasteiger charge is -2.32. The van der Waals surface area contributed by atoms with Gasteiger partial charge in [0.2, 0.25) is 5.71 Å². The molecule has 0 bridgehead atoms. The molecule has 25 heavy (non-hydrogen) atoms. The van der Waals surface area contributed by atoms with Crippen molar-refractivity contribution in [2.24, 2.45) is 5.92 Å². The minimum atomic E-state index is -0.205. The summed E-state index contributed by atoms with van der Waals surface area (Å²) in [6.45, 7) is 12.0. The van der Waals surface area contributed by atoms with Gasteiger partial charge in [-0.25, -0.2) is 15.0 Å².